The van der Waals surface area contributed by atoms with E-state index in [-0.39, 0.29) is 0 Å². The fraction of sp³-hybridized carbons (Fsp3) is 0.222. The molecule has 2 N–H and O–H groups in total. The zero-order valence-corrected chi connectivity index (χ0v) is 14.6. The Morgan fingerprint density at radius 3 is 1.81 bits per heavy atom. The molecule has 2 aromatic carbocycles. The predicted molar refractivity (Wildman–Crippen MR) is 94.4 cm³/mol. The molecule has 7 nitrogen and oxygen atoms in total. The fourth-order valence-corrected chi connectivity index (χ4v) is 2.24. The molecular weight excluding hydrogens is 343 g/mol. The molecule has 0 spiro atoms. The minimum absolute atomic E-state index is 0.373. The molecule has 0 aliphatic carbocycles. The largest absolute Gasteiger partial charge is 0.493 e. The van der Waals surface area contributed by atoms with Crippen LogP contribution in [0.25, 0.3) is 0 Å². The van der Waals surface area contributed by atoms with Gasteiger partial charge in [0.05, 0.1) is 21.3 Å². The van der Waals surface area contributed by atoms with Gasteiger partial charge in [-0.3, -0.25) is 9.59 Å². The smallest absolute Gasteiger partial charge is 0.233 e. The van der Waals surface area contributed by atoms with Crippen molar-refractivity contribution in [3.63, 3.8) is 0 Å². The van der Waals surface area contributed by atoms with Crippen LogP contribution in [0, 0.1) is 5.82 Å². The molecule has 2 aromatic rings. The molecule has 0 atom stereocenters. The number of amides is 2. The van der Waals surface area contributed by atoms with Gasteiger partial charge in [0.15, 0.2) is 11.5 Å². The van der Waals surface area contributed by atoms with Gasteiger partial charge in [-0.2, -0.15) is 0 Å². The van der Waals surface area contributed by atoms with E-state index in [9.17, 15) is 14.0 Å². The monoisotopic (exact) mass is 362 g/mol. The molecule has 0 heterocycles. The maximum absolute atomic E-state index is 12.8. The normalized spacial score (nSPS) is 10.0. The lowest BCUT2D eigenvalue weighted by Crippen LogP contribution is -2.21. The van der Waals surface area contributed by atoms with Crippen molar-refractivity contribution >= 4 is 23.2 Å². The van der Waals surface area contributed by atoms with E-state index in [0.717, 1.165) is 0 Å². The average Bonchev–Trinajstić information content (AvgIpc) is 2.62. The first-order valence-corrected chi connectivity index (χ1v) is 7.62. The van der Waals surface area contributed by atoms with Crippen LogP contribution < -0.4 is 24.8 Å². The minimum Gasteiger partial charge on any atom is -0.493 e. The van der Waals surface area contributed by atoms with Crippen molar-refractivity contribution in [2.24, 2.45) is 0 Å². The first-order valence-electron chi connectivity index (χ1n) is 7.62. The van der Waals surface area contributed by atoms with Crippen LogP contribution in [0.5, 0.6) is 17.2 Å². The molecule has 0 aliphatic rings. The van der Waals surface area contributed by atoms with E-state index in [1.807, 2.05) is 0 Å². The Labute approximate surface area is 150 Å². The summed E-state index contributed by atoms with van der Waals surface area (Å²) in [5.41, 5.74) is 0.788. The minimum atomic E-state index is -0.529. The number of hydrogen-bond acceptors (Lipinski definition) is 5. The van der Waals surface area contributed by atoms with Gasteiger partial charge in [-0.25, -0.2) is 4.39 Å². The summed E-state index contributed by atoms with van der Waals surface area (Å²) in [6, 6.07) is 8.35. The van der Waals surface area contributed by atoms with Crippen molar-refractivity contribution in [1.82, 2.24) is 0 Å². The molecule has 0 fully saturated rings. The van der Waals surface area contributed by atoms with E-state index in [0.29, 0.717) is 28.6 Å². The lowest BCUT2D eigenvalue weighted by Gasteiger charge is -2.14. The molecule has 0 radical (unpaired) electrons. The molecule has 0 saturated carbocycles. The number of methoxy groups -OCH3 is 3. The molecule has 0 bridgehead atoms. The van der Waals surface area contributed by atoms with Crippen LogP contribution in [-0.4, -0.2) is 33.1 Å². The summed E-state index contributed by atoms with van der Waals surface area (Å²) < 4.78 is 28.5. The Kier molecular flexibility index (Phi) is 6.37. The first kappa shape index (κ1) is 19.0. The second-order valence-corrected chi connectivity index (χ2v) is 5.19. The number of carbonyl (C=O) groups is 2. The van der Waals surface area contributed by atoms with Crippen LogP contribution in [0.3, 0.4) is 0 Å². The van der Waals surface area contributed by atoms with Crippen LogP contribution in [-0.2, 0) is 9.59 Å². The topological polar surface area (TPSA) is 85.9 Å². The summed E-state index contributed by atoms with van der Waals surface area (Å²) in [6.07, 6.45) is -0.409. The summed E-state index contributed by atoms with van der Waals surface area (Å²) in [4.78, 5) is 24.0. The first-order chi connectivity index (χ1) is 12.5. The third kappa shape index (κ3) is 4.85. The molecule has 26 heavy (non-hydrogen) atoms. The van der Waals surface area contributed by atoms with E-state index in [4.69, 9.17) is 14.2 Å². The number of rotatable bonds is 7. The van der Waals surface area contributed by atoms with Crippen molar-refractivity contribution < 1.29 is 28.2 Å². The summed E-state index contributed by atoms with van der Waals surface area (Å²) in [7, 11) is 4.39. The van der Waals surface area contributed by atoms with E-state index < -0.39 is 24.1 Å². The van der Waals surface area contributed by atoms with E-state index in [2.05, 4.69) is 10.6 Å². The molecule has 0 unspecified atom stereocenters. The number of halogens is 1. The fourth-order valence-electron chi connectivity index (χ4n) is 2.24. The van der Waals surface area contributed by atoms with Crippen molar-refractivity contribution in [3.05, 3.63) is 42.2 Å². The highest BCUT2D eigenvalue weighted by Crippen LogP contribution is 2.39. The molecule has 0 saturated heterocycles. The number of nitrogens with one attached hydrogen (secondary N) is 2. The van der Waals surface area contributed by atoms with Gasteiger partial charge in [0.2, 0.25) is 17.6 Å². The number of carbonyl (C=O) groups excluding carboxylic acids is 2. The zero-order chi connectivity index (χ0) is 19.1. The van der Waals surface area contributed by atoms with Gasteiger partial charge in [0, 0.05) is 23.5 Å². The van der Waals surface area contributed by atoms with Crippen LogP contribution in [0.1, 0.15) is 6.42 Å². The molecule has 2 rings (SSSR count). The third-order valence-electron chi connectivity index (χ3n) is 3.40. The van der Waals surface area contributed by atoms with Gasteiger partial charge < -0.3 is 24.8 Å². The number of ether oxygens (including phenoxy) is 3. The van der Waals surface area contributed by atoms with Gasteiger partial charge in [0.25, 0.3) is 0 Å². The van der Waals surface area contributed by atoms with Gasteiger partial charge >= 0.3 is 0 Å². The van der Waals surface area contributed by atoms with E-state index >= 15 is 0 Å². The second kappa shape index (κ2) is 8.70. The predicted octanol–water partition coefficient (Wildman–Crippen LogP) is 2.82. The van der Waals surface area contributed by atoms with Crippen LogP contribution in [0.4, 0.5) is 15.8 Å². The van der Waals surface area contributed by atoms with Crippen LogP contribution in [0.15, 0.2) is 36.4 Å². The quantitative estimate of drug-likeness (QED) is 0.740. The lowest BCUT2D eigenvalue weighted by molar-refractivity contribution is -0.123. The second-order valence-electron chi connectivity index (χ2n) is 5.19. The van der Waals surface area contributed by atoms with Crippen LogP contribution >= 0.6 is 0 Å². The molecule has 2 amide bonds. The van der Waals surface area contributed by atoms with E-state index in [1.54, 1.807) is 12.1 Å². The van der Waals surface area contributed by atoms with Gasteiger partial charge in [0.1, 0.15) is 12.2 Å². The summed E-state index contributed by atoms with van der Waals surface area (Å²) in [6.45, 7) is 0. The zero-order valence-electron chi connectivity index (χ0n) is 14.6. The Morgan fingerprint density at radius 1 is 0.846 bits per heavy atom. The van der Waals surface area contributed by atoms with Crippen LogP contribution in [0.2, 0.25) is 0 Å². The maximum Gasteiger partial charge on any atom is 0.233 e. The Hall–Kier alpha value is -3.29. The van der Waals surface area contributed by atoms with Crippen molar-refractivity contribution in [3.8, 4) is 17.2 Å². The maximum atomic E-state index is 12.8. The SMILES string of the molecule is COc1cc(NC(=O)CC(=O)Nc2ccc(F)cc2)cc(OC)c1OC. The van der Waals surface area contributed by atoms with Gasteiger partial charge in [-0.1, -0.05) is 0 Å². The van der Waals surface area contributed by atoms with Crippen molar-refractivity contribution in [1.29, 1.82) is 0 Å². The number of hydrogen-bond donors (Lipinski definition) is 2. The highest BCUT2D eigenvalue weighted by Gasteiger charge is 2.16. The molecule has 0 aliphatic heterocycles. The molecule has 0 aromatic heterocycles. The van der Waals surface area contributed by atoms with Gasteiger partial charge in [-0.15, -0.1) is 0 Å². The highest BCUT2D eigenvalue weighted by atomic mass is 19.1. The molecule has 138 valence electrons. The average molecular weight is 362 g/mol. The summed E-state index contributed by atoms with van der Waals surface area (Å²) in [5, 5.41) is 5.11. The lowest BCUT2D eigenvalue weighted by atomic mass is 10.2. The third-order valence-corrected chi connectivity index (χ3v) is 3.40. The number of anilines is 2. The Morgan fingerprint density at radius 2 is 1.35 bits per heavy atom. The Bertz CT molecular complexity index is 768. The summed E-state index contributed by atoms with van der Waals surface area (Å²) >= 11 is 0. The Balaban J connectivity index is 2.02. The molecule has 8 heteroatoms. The molecular formula is C18H19FN2O5. The highest BCUT2D eigenvalue weighted by molar-refractivity contribution is 6.08. The van der Waals surface area contributed by atoms with Crippen molar-refractivity contribution in [2.45, 2.75) is 6.42 Å². The standard InChI is InChI=1S/C18H19FN2O5/c1-24-14-8-13(9-15(25-2)18(14)26-3)21-17(23)10-16(22)20-12-6-4-11(19)5-7-12/h4-9H,10H2,1-3H3,(H,20,22)(H,21,23). The van der Waals surface area contributed by atoms with Crippen molar-refractivity contribution in [2.75, 3.05) is 32.0 Å². The summed E-state index contributed by atoms with van der Waals surface area (Å²) in [5.74, 6) is -0.332. The number of benzene rings is 2. The van der Waals surface area contributed by atoms with E-state index in [1.165, 1.54) is 45.6 Å². The van der Waals surface area contributed by atoms with Gasteiger partial charge in [-0.05, 0) is 24.3 Å².